The Hall–Kier alpha value is -3.42. The fraction of sp³-hybridized carbons (Fsp3) is 0.118. The molecule has 1 atom stereocenters. The van der Waals surface area contributed by atoms with Gasteiger partial charge in [-0.1, -0.05) is 0 Å². The van der Waals surface area contributed by atoms with Crippen LogP contribution < -0.4 is 10.9 Å². The summed E-state index contributed by atoms with van der Waals surface area (Å²) in [5.74, 6) is -2.40. The van der Waals surface area contributed by atoms with Crippen molar-refractivity contribution in [1.29, 1.82) is 0 Å². The predicted molar refractivity (Wildman–Crippen MR) is 107 cm³/mol. The van der Waals surface area contributed by atoms with Crippen molar-refractivity contribution in [2.24, 2.45) is 21.1 Å². The van der Waals surface area contributed by atoms with Crippen molar-refractivity contribution in [3.8, 4) is 0 Å². The van der Waals surface area contributed by atoms with E-state index in [0.29, 0.717) is 10.9 Å². The molecule has 13 heteroatoms. The van der Waals surface area contributed by atoms with Crippen molar-refractivity contribution in [1.82, 2.24) is 9.36 Å². The Labute approximate surface area is 174 Å². The highest BCUT2D eigenvalue weighted by atomic mass is 32.2. The zero-order valence-corrected chi connectivity index (χ0v) is 17.0. The van der Waals surface area contributed by atoms with Gasteiger partial charge in [-0.15, -0.1) is 5.11 Å². The highest BCUT2D eigenvalue weighted by molar-refractivity contribution is 7.89. The summed E-state index contributed by atoms with van der Waals surface area (Å²) in [5, 5.41) is 13.2. The molecule has 0 saturated heterocycles. The number of nitrogens with zero attached hydrogens (tertiary/aromatic N) is 4. The Bertz CT molecular complexity index is 1320. The minimum Gasteiger partial charge on any atom is -0.367 e. The van der Waals surface area contributed by atoms with Crippen LogP contribution in [0.2, 0.25) is 0 Å². The second kappa shape index (κ2) is 8.14. The van der Waals surface area contributed by atoms with Gasteiger partial charge in [0.25, 0.3) is 5.91 Å². The first-order valence-electron chi connectivity index (χ1n) is 8.22. The molecule has 1 amide bonds. The van der Waals surface area contributed by atoms with Crippen molar-refractivity contribution in [2.75, 3.05) is 0 Å². The van der Waals surface area contributed by atoms with Gasteiger partial charge in [0.1, 0.15) is 5.69 Å². The third-order valence-electron chi connectivity index (χ3n) is 3.95. The Morgan fingerprint density at radius 2 is 1.93 bits per heavy atom. The lowest BCUT2D eigenvalue weighted by Crippen LogP contribution is -2.35. The topological polar surface area (TPSA) is 188 Å². The number of Topliss-reactive ketones (excluding diaryl/α,β-unsaturated/α-hetero) is 2. The van der Waals surface area contributed by atoms with E-state index in [-0.39, 0.29) is 21.2 Å². The van der Waals surface area contributed by atoms with Crippen molar-refractivity contribution >= 4 is 54.9 Å². The number of carbonyl (C=O) groups is 3. The molecule has 0 saturated carbocycles. The maximum absolute atomic E-state index is 12.8. The molecule has 4 N–H and O–H groups in total. The summed E-state index contributed by atoms with van der Waals surface area (Å²) < 4.78 is 27.2. The molecule has 154 valence electrons. The smallest absolute Gasteiger partial charge is 0.252 e. The normalized spacial score (nSPS) is 12.9. The van der Waals surface area contributed by atoms with Crippen LogP contribution in [-0.2, 0) is 14.8 Å². The number of azo groups is 1. The van der Waals surface area contributed by atoms with E-state index in [2.05, 4.69) is 19.6 Å². The molecule has 0 aliphatic rings. The first-order chi connectivity index (χ1) is 14.1. The zero-order valence-electron chi connectivity index (χ0n) is 15.3. The van der Waals surface area contributed by atoms with E-state index in [0.717, 1.165) is 11.5 Å². The Kier molecular flexibility index (Phi) is 5.78. The second-order valence-electron chi connectivity index (χ2n) is 6.05. The number of fused-ring (bicyclic) bond motifs is 1. The van der Waals surface area contributed by atoms with Crippen LogP contribution in [0.15, 0.2) is 51.7 Å². The first kappa shape index (κ1) is 21.3. The van der Waals surface area contributed by atoms with Crippen LogP contribution >= 0.6 is 11.5 Å². The van der Waals surface area contributed by atoms with Gasteiger partial charge in [0.2, 0.25) is 21.8 Å². The number of rotatable bonds is 7. The number of carbonyl (C=O) groups excluding carboxylic acids is 3. The molecule has 3 rings (SSSR count). The van der Waals surface area contributed by atoms with E-state index in [1.54, 1.807) is 0 Å². The highest BCUT2D eigenvalue weighted by Crippen LogP contribution is 2.32. The summed E-state index contributed by atoms with van der Waals surface area (Å²) in [6.07, 6.45) is 1.33. The van der Waals surface area contributed by atoms with E-state index >= 15 is 0 Å². The molecule has 3 aromatic rings. The largest absolute Gasteiger partial charge is 0.367 e. The number of sulfonamides is 1. The van der Waals surface area contributed by atoms with E-state index in [1.165, 1.54) is 43.5 Å². The van der Waals surface area contributed by atoms with Crippen LogP contribution in [0.4, 0.5) is 5.00 Å². The Morgan fingerprint density at radius 1 is 1.20 bits per heavy atom. The van der Waals surface area contributed by atoms with Gasteiger partial charge in [-0.05, 0) is 41.9 Å². The monoisotopic (exact) mass is 446 g/mol. The minimum absolute atomic E-state index is 0.113. The number of ketones is 2. The maximum Gasteiger partial charge on any atom is 0.252 e. The second-order valence-corrected chi connectivity index (χ2v) is 8.37. The van der Waals surface area contributed by atoms with Crippen molar-refractivity contribution in [2.45, 2.75) is 17.9 Å². The SMILES string of the molecule is CC(=O)c1ncccc1C(=O)C(N=Nc1snc2ccc(S(N)(=O)=O)cc12)C(N)=O. The molecular formula is C17H14N6O5S2. The lowest BCUT2D eigenvalue weighted by molar-refractivity contribution is -0.118. The van der Waals surface area contributed by atoms with E-state index < -0.39 is 33.5 Å². The Morgan fingerprint density at radius 3 is 2.57 bits per heavy atom. The molecule has 2 aromatic heterocycles. The number of hydrogen-bond donors (Lipinski definition) is 2. The molecule has 1 unspecified atom stereocenters. The number of hydrogen-bond acceptors (Lipinski definition) is 10. The third-order valence-corrected chi connectivity index (χ3v) is 5.62. The molecule has 11 nitrogen and oxygen atoms in total. The van der Waals surface area contributed by atoms with Crippen LogP contribution in [0.1, 0.15) is 27.8 Å². The number of aromatic nitrogens is 2. The number of amides is 1. The number of primary sulfonamides is 1. The van der Waals surface area contributed by atoms with Gasteiger partial charge in [0.05, 0.1) is 10.4 Å². The Balaban J connectivity index is 2.01. The third kappa shape index (κ3) is 4.27. The van der Waals surface area contributed by atoms with Crippen LogP contribution in [0.3, 0.4) is 0 Å². The quantitative estimate of drug-likeness (QED) is 0.311. The molecule has 1 aromatic carbocycles. The summed E-state index contributed by atoms with van der Waals surface area (Å²) >= 11 is 0.876. The zero-order chi connectivity index (χ0) is 22.1. The van der Waals surface area contributed by atoms with Crippen molar-refractivity contribution in [3.63, 3.8) is 0 Å². The van der Waals surface area contributed by atoms with E-state index in [4.69, 9.17) is 10.9 Å². The molecule has 0 radical (unpaired) electrons. The van der Waals surface area contributed by atoms with Crippen molar-refractivity contribution < 1.29 is 22.8 Å². The molecule has 0 spiro atoms. The number of primary amides is 1. The molecule has 30 heavy (non-hydrogen) atoms. The summed E-state index contributed by atoms with van der Waals surface area (Å²) in [7, 11) is -3.96. The van der Waals surface area contributed by atoms with E-state index in [9.17, 15) is 22.8 Å². The van der Waals surface area contributed by atoms with Crippen LogP contribution in [-0.4, -0.2) is 41.3 Å². The van der Waals surface area contributed by atoms with Gasteiger partial charge >= 0.3 is 0 Å². The average molecular weight is 446 g/mol. The molecule has 2 heterocycles. The van der Waals surface area contributed by atoms with Crippen molar-refractivity contribution in [3.05, 3.63) is 47.8 Å². The van der Waals surface area contributed by atoms with E-state index in [1.807, 2.05) is 0 Å². The van der Waals surface area contributed by atoms with Gasteiger partial charge in [0.15, 0.2) is 10.8 Å². The highest BCUT2D eigenvalue weighted by Gasteiger charge is 2.29. The molecular weight excluding hydrogens is 432 g/mol. The van der Waals surface area contributed by atoms with Gasteiger partial charge < -0.3 is 5.73 Å². The summed E-state index contributed by atoms with van der Waals surface area (Å²) in [6.45, 7) is 1.23. The standard InChI is InChI=1S/C17H14N6O5S2/c1-8(24)13-10(3-2-6-20-13)15(25)14(16(18)26)21-22-17-11-7-9(30(19,27)28)4-5-12(11)23-29-17/h2-7,14H,1H3,(H2,18,26)(H2,19,27,28). The van der Waals surface area contributed by atoms with Gasteiger partial charge in [-0.25, -0.2) is 13.6 Å². The fourth-order valence-electron chi connectivity index (χ4n) is 2.54. The summed E-state index contributed by atoms with van der Waals surface area (Å²) in [5.41, 5.74) is 5.50. The minimum atomic E-state index is -3.96. The van der Waals surface area contributed by atoms with Crippen LogP contribution in [0, 0.1) is 0 Å². The molecule has 0 bridgehead atoms. The lowest BCUT2D eigenvalue weighted by atomic mass is 10.0. The van der Waals surface area contributed by atoms with Crippen LogP contribution in [0.25, 0.3) is 10.9 Å². The first-order valence-corrected chi connectivity index (χ1v) is 10.5. The van der Waals surface area contributed by atoms with Gasteiger partial charge in [0, 0.05) is 24.1 Å². The molecule has 0 aliphatic heterocycles. The summed E-state index contributed by atoms with van der Waals surface area (Å²) in [4.78, 5) is 40.0. The van der Waals surface area contributed by atoms with Gasteiger partial charge in [-0.2, -0.15) is 9.49 Å². The fourth-order valence-corrected chi connectivity index (χ4v) is 3.77. The molecule has 0 aliphatic carbocycles. The average Bonchev–Trinajstić information content (AvgIpc) is 3.09. The lowest BCUT2D eigenvalue weighted by Gasteiger charge is -2.08. The van der Waals surface area contributed by atoms with Crippen LogP contribution in [0.5, 0.6) is 0 Å². The predicted octanol–water partition coefficient (Wildman–Crippen LogP) is 1.36. The van der Waals surface area contributed by atoms with Gasteiger partial charge in [-0.3, -0.25) is 19.4 Å². The number of nitrogens with two attached hydrogens (primary N) is 2. The summed E-state index contributed by atoms with van der Waals surface area (Å²) in [6, 6.07) is 5.04. The number of benzene rings is 1. The number of pyridine rings is 1. The molecule has 0 fully saturated rings. The maximum atomic E-state index is 12.8.